The van der Waals surface area contributed by atoms with Crippen molar-refractivity contribution in [3.05, 3.63) is 29.3 Å². The molecule has 24 heavy (non-hydrogen) atoms. The summed E-state index contributed by atoms with van der Waals surface area (Å²) < 4.78 is 37.3. The van der Waals surface area contributed by atoms with Gasteiger partial charge in [0.2, 0.25) is 10.0 Å². The van der Waals surface area contributed by atoms with Gasteiger partial charge in [-0.1, -0.05) is 6.07 Å². The van der Waals surface area contributed by atoms with Gasteiger partial charge in [0.15, 0.2) is 0 Å². The highest BCUT2D eigenvalue weighted by molar-refractivity contribution is 7.89. The van der Waals surface area contributed by atoms with Gasteiger partial charge in [-0.25, -0.2) is 17.9 Å². The molecular weight excluding hydrogens is 332 g/mol. The molecule has 1 aromatic carbocycles. The number of nitrogens with one attached hydrogen (secondary N) is 1. The SMILES string of the molecule is COC(=O)c1cc(S(=O)(=O)NCCCN2CCOCC2)ccc1C. The van der Waals surface area contributed by atoms with Crippen LogP contribution in [0.3, 0.4) is 0 Å². The first-order valence-corrected chi connectivity index (χ1v) is 9.41. The molecule has 0 unspecified atom stereocenters. The normalized spacial score (nSPS) is 16.1. The Morgan fingerprint density at radius 1 is 1.33 bits per heavy atom. The number of morpholine rings is 1. The lowest BCUT2D eigenvalue weighted by molar-refractivity contribution is 0.0376. The third-order valence-electron chi connectivity index (χ3n) is 3.97. The molecule has 1 aromatic rings. The van der Waals surface area contributed by atoms with Crippen molar-refractivity contribution in [3.8, 4) is 0 Å². The number of carbonyl (C=O) groups excluding carboxylic acids is 1. The monoisotopic (exact) mass is 356 g/mol. The van der Waals surface area contributed by atoms with E-state index < -0.39 is 16.0 Å². The van der Waals surface area contributed by atoms with Crippen LogP contribution in [0.4, 0.5) is 0 Å². The third-order valence-corrected chi connectivity index (χ3v) is 5.43. The first kappa shape index (κ1) is 18.9. The van der Waals surface area contributed by atoms with Crippen LogP contribution in [0.1, 0.15) is 22.3 Å². The number of nitrogens with zero attached hydrogens (tertiary/aromatic N) is 1. The van der Waals surface area contributed by atoms with Gasteiger partial charge in [0.25, 0.3) is 0 Å². The maximum atomic E-state index is 12.4. The highest BCUT2D eigenvalue weighted by atomic mass is 32.2. The summed E-state index contributed by atoms with van der Waals surface area (Å²) in [7, 11) is -2.37. The van der Waals surface area contributed by atoms with Gasteiger partial charge < -0.3 is 9.47 Å². The minimum absolute atomic E-state index is 0.0693. The minimum atomic E-state index is -3.65. The second kappa shape index (κ2) is 8.57. The fourth-order valence-electron chi connectivity index (χ4n) is 2.52. The van der Waals surface area contributed by atoms with Crippen molar-refractivity contribution in [2.45, 2.75) is 18.2 Å². The maximum Gasteiger partial charge on any atom is 0.338 e. The van der Waals surface area contributed by atoms with E-state index in [4.69, 9.17) is 4.74 Å². The van der Waals surface area contributed by atoms with Crippen molar-refractivity contribution in [2.75, 3.05) is 46.5 Å². The second-order valence-corrected chi connectivity index (χ2v) is 7.44. The lowest BCUT2D eigenvalue weighted by atomic mass is 10.1. The van der Waals surface area contributed by atoms with Gasteiger partial charge in [-0.2, -0.15) is 0 Å². The summed E-state index contributed by atoms with van der Waals surface area (Å²) in [5, 5.41) is 0. The number of benzene rings is 1. The second-order valence-electron chi connectivity index (χ2n) is 5.67. The largest absolute Gasteiger partial charge is 0.465 e. The predicted octanol–water partition coefficient (Wildman–Crippen LogP) is 0.782. The molecule has 0 saturated carbocycles. The molecule has 0 atom stereocenters. The summed E-state index contributed by atoms with van der Waals surface area (Å²) in [6.45, 7) is 6.13. The van der Waals surface area contributed by atoms with Crippen LogP contribution in [-0.4, -0.2) is 65.8 Å². The average Bonchev–Trinajstić information content (AvgIpc) is 2.59. The van der Waals surface area contributed by atoms with E-state index in [1.54, 1.807) is 13.0 Å². The summed E-state index contributed by atoms with van der Waals surface area (Å²) in [5.41, 5.74) is 0.932. The molecule has 7 nitrogen and oxygen atoms in total. The van der Waals surface area contributed by atoms with E-state index >= 15 is 0 Å². The quantitative estimate of drug-likeness (QED) is 0.574. The van der Waals surface area contributed by atoms with Gasteiger partial charge in [-0.15, -0.1) is 0 Å². The lowest BCUT2D eigenvalue weighted by Crippen LogP contribution is -2.38. The molecule has 0 aromatic heterocycles. The fraction of sp³-hybridized carbons (Fsp3) is 0.562. The van der Waals surface area contributed by atoms with Gasteiger partial charge in [-0.05, 0) is 37.6 Å². The van der Waals surface area contributed by atoms with Crippen molar-refractivity contribution >= 4 is 16.0 Å². The van der Waals surface area contributed by atoms with E-state index in [1.165, 1.54) is 19.2 Å². The Bertz CT molecular complexity index is 669. The number of sulfonamides is 1. The molecule has 1 aliphatic rings. The fourth-order valence-corrected chi connectivity index (χ4v) is 3.62. The van der Waals surface area contributed by atoms with E-state index in [-0.39, 0.29) is 10.5 Å². The number of hydrogen-bond donors (Lipinski definition) is 1. The standard InChI is InChI=1S/C16H24N2O5S/c1-13-4-5-14(12-15(13)16(19)22-2)24(20,21)17-6-3-7-18-8-10-23-11-9-18/h4-5,12,17H,3,6-11H2,1-2H3. The molecule has 2 rings (SSSR count). The van der Waals surface area contributed by atoms with Crippen LogP contribution in [0.2, 0.25) is 0 Å². The molecule has 1 aliphatic heterocycles. The Balaban J connectivity index is 1.93. The Labute approximate surface area is 143 Å². The molecule has 0 aliphatic carbocycles. The summed E-state index contributed by atoms with van der Waals surface area (Å²) in [5.74, 6) is -0.545. The molecule has 0 bridgehead atoms. The third kappa shape index (κ3) is 5.01. The van der Waals surface area contributed by atoms with Gasteiger partial charge in [0, 0.05) is 19.6 Å². The number of methoxy groups -OCH3 is 1. The van der Waals surface area contributed by atoms with Crippen LogP contribution in [0.25, 0.3) is 0 Å². The molecule has 0 radical (unpaired) electrons. The Morgan fingerprint density at radius 2 is 2.04 bits per heavy atom. The number of aryl methyl sites for hydroxylation is 1. The number of ether oxygens (including phenoxy) is 2. The molecular formula is C16H24N2O5S. The summed E-state index contributed by atoms with van der Waals surface area (Å²) in [6.07, 6.45) is 0.717. The molecule has 8 heteroatoms. The zero-order valence-electron chi connectivity index (χ0n) is 14.1. The van der Waals surface area contributed by atoms with Crippen LogP contribution in [0.5, 0.6) is 0 Å². The van der Waals surface area contributed by atoms with Crippen molar-refractivity contribution < 1.29 is 22.7 Å². The zero-order valence-corrected chi connectivity index (χ0v) is 14.9. The molecule has 1 N–H and O–H groups in total. The van der Waals surface area contributed by atoms with E-state index in [9.17, 15) is 13.2 Å². The highest BCUT2D eigenvalue weighted by Gasteiger charge is 2.18. The summed E-state index contributed by atoms with van der Waals surface area (Å²) >= 11 is 0. The van der Waals surface area contributed by atoms with Crippen LogP contribution in [0.15, 0.2) is 23.1 Å². The smallest absolute Gasteiger partial charge is 0.338 e. The molecule has 0 amide bonds. The topological polar surface area (TPSA) is 84.9 Å². The molecule has 0 spiro atoms. The first-order valence-electron chi connectivity index (χ1n) is 7.93. The highest BCUT2D eigenvalue weighted by Crippen LogP contribution is 2.16. The molecule has 134 valence electrons. The first-order chi connectivity index (χ1) is 11.4. The predicted molar refractivity (Wildman–Crippen MR) is 89.6 cm³/mol. The molecule has 1 saturated heterocycles. The van der Waals surface area contributed by atoms with Gasteiger partial charge >= 0.3 is 5.97 Å². The van der Waals surface area contributed by atoms with Crippen LogP contribution in [0, 0.1) is 6.92 Å². The number of carbonyl (C=O) groups is 1. The molecule has 1 heterocycles. The van der Waals surface area contributed by atoms with Crippen LogP contribution < -0.4 is 4.72 Å². The van der Waals surface area contributed by atoms with Crippen molar-refractivity contribution in [1.82, 2.24) is 9.62 Å². The summed E-state index contributed by atoms with van der Waals surface area (Å²) in [6, 6.07) is 4.45. The van der Waals surface area contributed by atoms with Crippen molar-refractivity contribution in [2.24, 2.45) is 0 Å². The minimum Gasteiger partial charge on any atom is -0.465 e. The van der Waals surface area contributed by atoms with Crippen LogP contribution >= 0.6 is 0 Å². The van der Waals surface area contributed by atoms with Crippen molar-refractivity contribution in [3.63, 3.8) is 0 Å². The Kier molecular flexibility index (Phi) is 6.73. The Morgan fingerprint density at radius 3 is 2.71 bits per heavy atom. The van der Waals surface area contributed by atoms with Gasteiger partial charge in [0.05, 0.1) is 30.8 Å². The summed E-state index contributed by atoms with van der Waals surface area (Å²) in [4.78, 5) is 14.0. The van der Waals surface area contributed by atoms with E-state index in [0.717, 1.165) is 39.3 Å². The van der Waals surface area contributed by atoms with Crippen LogP contribution in [-0.2, 0) is 19.5 Å². The zero-order chi connectivity index (χ0) is 17.6. The van der Waals surface area contributed by atoms with Gasteiger partial charge in [0.1, 0.15) is 0 Å². The van der Waals surface area contributed by atoms with Gasteiger partial charge in [-0.3, -0.25) is 4.90 Å². The lowest BCUT2D eigenvalue weighted by Gasteiger charge is -2.26. The number of hydrogen-bond acceptors (Lipinski definition) is 6. The maximum absolute atomic E-state index is 12.4. The number of rotatable bonds is 7. The van der Waals surface area contributed by atoms with E-state index in [2.05, 4.69) is 14.4 Å². The Hall–Kier alpha value is -1.48. The average molecular weight is 356 g/mol. The van der Waals surface area contributed by atoms with E-state index in [0.29, 0.717) is 12.1 Å². The van der Waals surface area contributed by atoms with Crippen molar-refractivity contribution in [1.29, 1.82) is 0 Å². The number of esters is 1. The van der Waals surface area contributed by atoms with E-state index in [1.807, 2.05) is 0 Å². The molecule has 1 fully saturated rings.